The van der Waals surface area contributed by atoms with Gasteiger partial charge in [0.15, 0.2) is 0 Å². The van der Waals surface area contributed by atoms with Crippen molar-refractivity contribution in [3.05, 3.63) is 78.6 Å². The van der Waals surface area contributed by atoms with Gasteiger partial charge in [-0.3, -0.25) is 0 Å². The van der Waals surface area contributed by atoms with Gasteiger partial charge in [-0.1, -0.05) is 55.5 Å². The molecule has 0 saturated heterocycles. The zero-order valence-electron chi connectivity index (χ0n) is 16.7. The normalized spacial score (nSPS) is 14.1. The van der Waals surface area contributed by atoms with Gasteiger partial charge in [0.1, 0.15) is 0 Å². The highest BCUT2D eigenvalue weighted by Crippen LogP contribution is 2.09. The van der Waals surface area contributed by atoms with Crippen LogP contribution >= 0.6 is 0 Å². The maximum Gasteiger partial charge on any atom is 0.240 e. The summed E-state index contributed by atoms with van der Waals surface area (Å²) in [5.41, 5.74) is 1.03. The van der Waals surface area contributed by atoms with Crippen LogP contribution in [0.1, 0.15) is 25.3 Å². The van der Waals surface area contributed by atoms with Gasteiger partial charge in [0.2, 0.25) is 10.0 Å². The van der Waals surface area contributed by atoms with Crippen LogP contribution in [0.2, 0.25) is 0 Å². The maximum absolute atomic E-state index is 12.7. The summed E-state index contributed by atoms with van der Waals surface area (Å²) in [4.78, 5) is 0.225. The minimum absolute atomic E-state index is 0.135. The van der Waals surface area contributed by atoms with Crippen LogP contribution in [0.5, 0.6) is 0 Å². The van der Waals surface area contributed by atoms with Crippen LogP contribution in [-0.4, -0.2) is 38.8 Å². The maximum atomic E-state index is 12.7. The Morgan fingerprint density at radius 1 is 1.03 bits per heavy atom. The van der Waals surface area contributed by atoms with E-state index in [0.717, 1.165) is 18.2 Å². The lowest BCUT2D eigenvalue weighted by atomic mass is 10.1. The number of aliphatic hydroxyl groups excluding tert-OH is 1. The largest absolute Gasteiger partial charge is 0.516 e. The Labute approximate surface area is 173 Å². The number of aliphatic hydroxyl groups is 1. The second-order valence-corrected chi connectivity index (χ2v) is 8.48. The van der Waals surface area contributed by atoms with Gasteiger partial charge in [-0.15, -0.1) is 0 Å². The zero-order valence-corrected chi connectivity index (χ0v) is 17.5. The third-order valence-electron chi connectivity index (χ3n) is 4.48. The van der Waals surface area contributed by atoms with E-state index < -0.39 is 16.1 Å². The Bertz CT molecular complexity index is 826. The first kappa shape index (κ1) is 23.1. The molecule has 7 heteroatoms. The summed E-state index contributed by atoms with van der Waals surface area (Å²) in [5.74, 6) is 0. The number of nitrogens with one attached hydrogen (secondary N) is 2. The van der Waals surface area contributed by atoms with Crippen LogP contribution in [0.25, 0.3) is 0 Å². The Balaban J connectivity index is 2.01. The van der Waals surface area contributed by atoms with Crippen LogP contribution in [0, 0.1) is 0 Å². The first-order chi connectivity index (χ1) is 14.0. The fourth-order valence-corrected chi connectivity index (χ4v) is 4.09. The standard InChI is InChI=1S/C22H30N2O4S/c1-2-20(12-9-15-25)23-16-21(18-28-17-19-10-5-3-6-11-19)24-29(26,27)22-13-7-4-8-14-22/h3-11,13-15,20-21,23-25H,2,12,16-18H2,1H3/t20-,21-/m1/s1. The lowest BCUT2D eigenvalue weighted by Crippen LogP contribution is -2.47. The number of benzene rings is 2. The summed E-state index contributed by atoms with van der Waals surface area (Å²) in [5, 5.41) is 12.2. The Hall–Kier alpha value is -2.19. The fraction of sp³-hybridized carbons (Fsp3) is 0.364. The summed E-state index contributed by atoms with van der Waals surface area (Å²) in [6.45, 7) is 3.10. The van der Waals surface area contributed by atoms with Crippen molar-refractivity contribution in [2.75, 3.05) is 13.2 Å². The van der Waals surface area contributed by atoms with Crippen molar-refractivity contribution in [3.8, 4) is 0 Å². The molecular formula is C22H30N2O4S. The first-order valence-electron chi connectivity index (χ1n) is 9.76. The van der Waals surface area contributed by atoms with Crippen molar-refractivity contribution in [3.63, 3.8) is 0 Å². The molecule has 0 aliphatic rings. The van der Waals surface area contributed by atoms with Crippen LogP contribution in [0.4, 0.5) is 0 Å². The Morgan fingerprint density at radius 3 is 2.31 bits per heavy atom. The molecule has 29 heavy (non-hydrogen) atoms. The van der Waals surface area contributed by atoms with Crippen LogP contribution in [0.3, 0.4) is 0 Å². The molecule has 2 atom stereocenters. The highest BCUT2D eigenvalue weighted by atomic mass is 32.2. The van der Waals surface area contributed by atoms with Crippen LogP contribution in [0.15, 0.2) is 77.9 Å². The van der Waals surface area contributed by atoms with E-state index in [4.69, 9.17) is 9.84 Å². The molecule has 0 spiro atoms. The van der Waals surface area contributed by atoms with E-state index in [1.807, 2.05) is 37.3 Å². The number of rotatable bonds is 13. The minimum atomic E-state index is -3.65. The zero-order chi connectivity index (χ0) is 21.0. The third kappa shape index (κ3) is 8.37. The average Bonchev–Trinajstić information content (AvgIpc) is 2.75. The molecular weight excluding hydrogens is 388 g/mol. The molecule has 0 radical (unpaired) electrons. The second kappa shape index (κ2) is 12.4. The number of hydrogen-bond acceptors (Lipinski definition) is 5. The molecule has 2 rings (SSSR count). The Kier molecular flexibility index (Phi) is 9.87. The second-order valence-electron chi connectivity index (χ2n) is 6.77. The van der Waals surface area contributed by atoms with Crippen LogP contribution in [-0.2, 0) is 21.4 Å². The van der Waals surface area contributed by atoms with Crippen molar-refractivity contribution in [1.82, 2.24) is 10.0 Å². The van der Waals surface area contributed by atoms with E-state index in [-0.39, 0.29) is 17.5 Å². The molecule has 6 nitrogen and oxygen atoms in total. The molecule has 0 heterocycles. The highest BCUT2D eigenvalue weighted by Gasteiger charge is 2.21. The molecule has 0 amide bonds. The molecule has 2 aromatic rings. The average molecular weight is 419 g/mol. The summed E-state index contributed by atoms with van der Waals surface area (Å²) in [6, 6.07) is 17.8. The first-order valence-corrected chi connectivity index (χ1v) is 11.2. The quantitative estimate of drug-likeness (QED) is 0.434. The van der Waals surface area contributed by atoms with E-state index in [9.17, 15) is 8.42 Å². The third-order valence-corrected chi connectivity index (χ3v) is 6.01. The van der Waals surface area contributed by atoms with Gasteiger partial charge in [0.05, 0.1) is 30.4 Å². The van der Waals surface area contributed by atoms with Crippen LogP contribution < -0.4 is 10.0 Å². The molecule has 0 bridgehead atoms. The van der Waals surface area contributed by atoms with E-state index in [1.165, 1.54) is 0 Å². The SMILES string of the molecule is CC[C@H](CC=CO)NC[C@H](COCc1ccccc1)NS(=O)(=O)c1ccccc1. The number of hydrogen-bond donors (Lipinski definition) is 3. The van der Waals surface area contributed by atoms with E-state index in [0.29, 0.717) is 19.6 Å². The molecule has 0 aromatic heterocycles. The summed E-state index contributed by atoms with van der Waals surface area (Å²) < 4.78 is 34.0. The predicted octanol–water partition coefficient (Wildman–Crippen LogP) is 3.38. The lowest BCUT2D eigenvalue weighted by molar-refractivity contribution is 0.103. The molecule has 0 aliphatic carbocycles. The molecule has 158 valence electrons. The number of ether oxygens (including phenoxy) is 1. The van der Waals surface area contributed by atoms with Gasteiger partial charge in [0, 0.05) is 12.6 Å². The molecule has 3 N–H and O–H groups in total. The van der Waals surface area contributed by atoms with Gasteiger partial charge in [0.25, 0.3) is 0 Å². The van der Waals surface area contributed by atoms with Gasteiger partial charge in [-0.25, -0.2) is 13.1 Å². The van der Waals surface area contributed by atoms with E-state index >= 15 is 0 Å². The lowest BCUT2D eigenvalue weighted by Gasteiger charge is -2.23. The van der Waals surface area contributed by atoms with E-state index in [2.05, 4.69) is 10.0 Å². The minimum Gasteiger partial charge on any atom is -0.516 e. The van der Waals surface area contributed by atoms with Gasteiger partial charge in [-0.05, 0) is 36.6 Å². The van der Waals surface area contributed by atoms with Crippen molar-refractivity contribution < 1.29 is 18.3 Å². The van der Waals surface area contributed by atoms with Crippen molar-refractivity contribution in [2.45, 2.75) is 43.4 Å². The fourth-order valence-electron chi connectivity index (χ4n) is 2.84. The molecule has 0 aliphatic heterocycles. The van der Waals surface area contributed by atoms with Gasteiger partial charge < -0.3 is 15.2 Å². The summed E-state index contributed by atoms with van der Waals surface area (Å²) in [6.07, 6.45) is 4.22. The predicted molar refractivity (Wildman–Crippen MR) is 115 cm³/mol. The van der Waals surface area contributed by atoms with Crippen molar-refractivity contribution >= 4 is 10.0 Å². The molecule has 0 fully saturated rings. The summed E-state index contributed by atoms with van der Waals surface area (Å²) >= 11 is 0. The molecule has 0 unspecified atom stereocenters. The monoisotopic (exact) mass is 418 g/mol. The Morgan fingerprint density at radius 2 is 1.69 bits per heavy atom. The summed E-state index contributed by atoms with van der Waals surface area (Å²) in [7, 11) is -3.65. The van der Waals surface area contributed by atoms with E-state index in [1.54, 1.807) is 36.4 Å². The van der Waals surface area contributed by atoms with Gasteiger partial charge >= 0.3 is 0 Å². The topological polar surface area (TPSA) is 87.7 Å². The highest BCUT2D eigenvalue weighted by molar-refractivity contribution is 7.89. The van der Waals surface area contributed by atoms with Crippen molar-refractivity contribution in [1.29, 1.82) is 0 Å². The number of sulfonamides is 1. The molecule has 2 aromatic carbocycles. The smallest absolute Gasteiger partial charge is 0.240 e. The van der Waals surface area contributed by atoms with Crippen molar-refractivity contribution in [2.24, 2.45) is 0 Å². The molecule has 0 saturated carbocycles. The van der Waals surface area contributed by atoms with Gasteiger partial charge in [-0.2, -0.15) is 0 Å².